The maximum absolute atomic E-state index is 13.6. The molecule has 0 radical (unpaired) electrons. The lowest BCUT2D eigenvalue weighted by atomic mass is 10.3. The minimum Gasteiger partial charge on any atom is -0.398 e. The molecule has 0 heterocycles. The maximum Gasteiger partial charge on any atom is 0.243 e. The van der Waals surface area contributed by atoms with E-state index in [2.05, 4.69) is 20.7 Å². The Morgan fingerprint density at radius 2 is 2.11 bits per heavy atom. The van der Waals surface area contributed by atoms with Crippen molar-refractivity contribution in [2.24, 2.45) is 0 Å². The van der Waals surface area contributed by atoms with Gasteiger partial charge in [0.25, 0.3) is 0 Å². The molecule has 3 N–H and O–H groups in total. The van der Waals surface area contributed by atoms with Crippen LogP contribution in [0.4, 0.5) is 10.1 Å². The second kappa shape index (κ2) is 7.18. The molecular weight excluding hydrogens is 339 g/mol. The Morgan fingerprint density at radius 1 is 1.42 bits per heavy atom. The van der Waals surface area contributed by atoms with Gasteiger partial charge in [-0.15, -0.1) is 0 Å². The maximum atomic E-state index is 13.6. The van der Waals surface area contributed by atoms with Crippen molar-refractivity contribution in [3.8, 4) is 0 Å². The van der Waals surface area contributed by atoms with Crippen LogP contribution < -0.4 is 10.5 Å². The Labute approximate surface area is 120 Å². The molecule has 0 saturated heterocycles. The zero-order chi connectivity index (χ0) is 14.5. The number of sulfonamides is 1. The summed E-state index contributed by atoms with van der Waals surface area (Å²) in [6.45, 7) is 0.780. The van der Waals surface area contributed by atoms with Gasteiger partial charge in [-0.2, -0.15) is 0 Å². The topological polar surface area (TPSA) is 81.4 Å². The average Bonchev–Trinajstić information content (AvgIpc) is 2.33. The highest BCUT2D eigenvalue weighted by atomic mass is 79.9. The number of halogens is 2. The fraction of sp³-hybridized carbons (Fsp3) is 0.455. The number of ether oxygens (including phenoxy) is 1. The van der Waals surface area contributed by atoms with Crippen LogP contribution in [0.3, 0.4) is 0 Å². The third kappa shape index (κ3) is 4.72. The van der Waals surface area contributed by atoms with E-state index in [0.29, 0.717) is 17.5 Å². The summed E-state index contributed by atoms with van der Waals surface area (Å²) in [6.07, 6.45) is 1.34. The van der Waals surface area contributed by atoms with Crippen LogP contribution in [0.1, 0.15) is 12.8 Å². The van der Waals surface area contributed by atoms with E-state index in [1.54, 1.807) is 7.11 Å². The number of hydrogen-bond donors (Lipinski definition) is 2. The lowest BCUT2D eigenvalue weighted by molar-refractivity contribution is 0.193. The number of nitrogens with one attached hydrogen (secondary N) is 1. The third-order valence-electron chi connectivity index (χ3n) is 2.41. The van der Waals surface area contributed by atoms with E-state index in [4.69, 9.17) is 10.5 Å². The number of anilines is 1. The molecule has 0 bridgehead atoms. The average molecular weight is 355 g/mol. The van der Waals surface area contributed by atoms with Gasteiger partial charge in [-0.05, 0) is 40.9 Å². The summed E-state index contributed by atoms with van der Waals surface area (Å²) in [6, 6.07) is 2.13. The Kier molecular flexibility index (Phi) is 6.18. The van der Waals surface area contributed by atoms with Crippen LogP contribution in [0.25, 0.3) is 0 Å². The van der Waals surface area contributed by atoms with Gasteiger partial charge in [0.1, 0.15) is 10.7 Å². The Morgan fingerprint density at radius 3 is 2.74 bits per heavy atom. The van der Waals surface area contributed by atoms with Crippen LogP contribution in [0.15, 0.2) is 21.5 Å². The molecule has 0 atom stereocenters. The molecule has 19 heavy (non-hydrogen) atoms. The Bertz CT molecular complexity index is 537. The van der Waals surface area contributed by atoms with E-state index < -0.39 is 20.7 Å². The first-order chi connectivity index (χ1) is 8.88. The number of benzene rings is 1. The van der Waals surface area contributed by atoms with Crippen molar-refractivity contribution in [2.45, 2.75) is 17.7 Å². The number of rotatable bonds is 7. The highest BCUT2D eigenvalue weighted by molar-refractivity contribution is 9.10. The van der Waals surface area contributed by atoms with Crippen LogP contribution >= 0.6 is 15.9 Å². The predicted molar refractivity (Wildman–Crippen MR) is 74.8 cm³/mol. The van der Waals surface area contributed by atoms with Gasteiger partial charge in [0.15, 0.2) is 0 Å². The summed E-state index contributed by atoms with van der Waals surface area (Å²) >= 11 is 3.03. The fourth-order valence-corrected chi connectivity index (χ4v) is 2.89. The molecule has 108 valence electrons. The van der Waals surface area contributed by atoms with Gasteiger partial charge >= 0.3 is 0 Å². The summed E-state index contributed by atoms with van der Waals surface area (Å²) in [7, 11) is -2.31. The normalized spacial score (nSPS) is 11.7. The summed E-state index contributed by atoms with van der Waals surface area (Å²) in [5.41, 5.74) is 5.73. The van der Waals surface area contributed by atoms with Crippen molar-refractivity contribution < 1.29 is 17.5 Å². The van der Waals surface area contributed by atoms with Crippen molar-refractivity contribution in [1.82, 2.24) is 4.72 Å². The van der Waals surface area contributed by atoms with Gasteiger partial charge in [0.05, 0.1) is 0 Å². The van der Waals surface area contributed by atoms with Crippen molar-refractivity contribution >= 4 is 31.6 Å². The van der Waals surface area contributed by atoms with Gasteiger partial charge in [0, 0.05) is 30.4 Å². The monoisotopic (exact) mass is 354 g/mol. The largest absolute Gasteiger partial charge is 0.398 e. The van der Waals surface area contributed by atoms with Crippen LogP contribution in [-0.4, -0.2) is 28.7 Å². The molecule has 0 aliphatic carbocycles. The molecule has 0 spiro atoms. The molecule has 1 rings (SSSR count). The Balaban J connectivity index is 2.75. The van der Waals surface area contributed by atoms with Crippen LogP contribution in [0.5, 0.6) is 0 Å². The van der Waals surface area contributed by atoms with Gasteiger partial charge in [-0.1, -0.05) is 0 Å². The van der Waals surface area contributed by atoms with Crippen LogP contribution in [0.2, 0.25) is 0 Å². The smallest absolute Gasteiger partial charge is 0.243 e. The summed E-state index contributed by atoms with van der Waals surface area (Å²) in [5, 5.41) is 0. The third-order valence-corrected chi connectivity index (χ3v) is 4.57. The standard InChI is InChI=1S/C11H16BrFN2O3S/c1-18-5-3-2-4-15-19(16,17)11-7-10(14)8(12)6-9(11)13/h6-7,15H,2-5,14H2,1H3. The molecule has 0 aliphatic rings. The number of nitrogens with two attached hydrogens (primary N) is 1. The lowest BCUT2D eigenvalue weighted by Gasteiger charge is -2.09. The second-order valence-corrected chi connectivity index (χ2v) is 6.49. The number of nitrogen functional groups attached to an aromatic ring is 1. The zero-order valence-corrected chi connectivity index (χ0v) is 12.9. The molecule has 0 unspecified atom stereocenters. The first kappa shape index (κ1) is 16.4. The fourth-order valence-electron chi connectivity index (χ4n) is 1.41. The van der Waals surface area contributed by atoms with Crippen LogP contribution in [0, 0.1) is 5.82 Å². The first-order valence-electron chi connectivity index (χ1n) is 5.61. The highest BCUT2D eigenvalue weighted by Gasteiger charge is 2.20. The van der Waals surface area contributed by atoms with E-state index >= 15 is 0 Å². The number of methoxy groups -OCH3 is 1. The molecule has 0 amide bonds. The first-order valence-corrected chi connectivity index (χ1v) is 7.89. The molecule has 8 heteroatoms. The van der Waals surface area contributed by atoms with E-state index in [9.17, 15) is 12.8 Å². The molecule has 1 aromatic carbocycles. The van der Waals surface area contributed by atoms with E-state index in [0.717, 1.165) is 18.6 Å². The second-order valence-electron chi connectivity index (χ2n) is 3.90. The van der Waals surface area contributed by atoms with Gasteiger partial charge in [-0.3, -0.25) is 0 Å². The molecule has 0 aromatic heterocycles. The van der Waals surface area contributed by atoms with E-state index in [1.807, 2.05) is 0 Å². The quantitative estimate of drug-likeness (QED) is 0.578. The summed E-state index contributed by atoms with van der Waals surface area (Å²) < 4.78 is 44.9. The lowest BCUT2D eigenvalue weighted by Crippen LogP contribution is -2.26. The van der Waals surface area contributed by atoms with Crippen molar-refractivity contribution in [2.75, 3.05) is 26.0 Å². The van der Waals surface area contributed by atoms with Crippen molar-refractivity contribution in [3.05, 3.63) is 22.4 Å². The Hall–Kier alpha value is -0.700. The van der Waals surface area contributed by atoms with E-state index in [-0.39, 0.29) is 12.2 Å². The molecule has 0 fully saturated rings. The summed E-state index contributed by atoms with van der Waals surface area (Å²) in [5.74, 6) is -0.842. The zero-order valence-electron chi connectivity index (χ0n) is 10.4. The SMILES string of the molecule is COCCCCNS(=O)(=O)c1cc(N)c(Br)cc1F. The molecular formula is C11H16BrFN2O3S. The molecule has 1 aromatic rings. The van der Waals surface area contributed by atoms with Gasteiger partial charge in [-0.25, -0.2) is 17.5 Å². The molecule has 0 saturated carbocycles. The van der Waals surface area contributed by atoms with Crippen molar-refractivity contribution in [1.29, 1.82) is 0 Å². The minimum absolute atomic E-state index is 0.168. The molecule has 5 nitrogen and oxygen atoms in total. The number of unbranched alkanes of at least 4 members (excludes halogenated alkanes) is 1. The highest BCUT2D eigenvalue weighted by Crippen LogP contribution is 2.25. The van der Waals surface area contributed by atoms with E-state index in [1.165, 1.54) is 0 Å². The van der Waals surface area contributed by atoms with Crippen LogP contribution in [-0.2, 0) is 14.8 Å². The van der Waals surface area contributed by atoms with Gasteiger partial charge < -0.3 is 10.5 Å². The summed E-state index contributed by atoms with van der Waals surface area (Å²) in [4.78, 5) is -0.444. The van der Waals surface area contributed by atoms with Gasteiger partial charge in [0.2, 0.25) is 10.0 Å². The predicted octanol–water partition coefficient (Wildman–Crippen LogP) is 1.88. The number of hydrogen-bond acceptors (Lipinski definition) is 4. The molecule has 0 aliphatic heterocycles. The van der Waals surface area contributed by atoms with Crippen molar-refractivity contribution in [3.63, 3.8) is 0 Å². The minimum atomic E-state index is -3.88.